The van der Waals surface area contributed by atoms with Gasteiger partial charge in [0.05, 0.1) is 12.0 Å². The van der Waals surface area contributed by atoms with Crippen molar-refractivity contribution in [3.05, 3.63) is 35.9 Å². The molecule has 0 aliphatic carbocycles. The summed E-state index contributed by atoms with van der Waals surface area (Å²) in [5, 5.41) is 11.9. The van der Waals surface area contributed by atoms with Crippen molar-refractivity contribution >= 4 is 11.9 Å². The third kappa shape index (κ3) is 5.01. The second-order valence-corrected chi connectivity index (χ2v) is 4.80. The summed E-state index contributed by atoms with van der Waals surface area (Å²) in [5.41, 5.74) is 6.41. The Kier molecular flexibility index (Phi) is 6.73. The van der Waals surface area contributed by atoms with Crippen LogP contribution in [0.15, 0.2) is 30.3 Å². The summed E-state index contributed by atoms with van der Waals surface area (Å²) in [5.74, 6) is -2.00. The number of nitrogens with two attached hydrogens (primary N) is 1. The van der Waals surface area contributed by atoms with Crippen LogP contribution in [-0.4, -0.2) is 29.6 Å². The van der Waals surface area contributed by atoms with E-state index in [-0.39, 0.29) is 12.5 Å². The van der Waals surface area contributed by atoms with Crippen LogP contribution < -0.4 is 11.1 Å². The van der Waals surface area contributed by atoms with E-state index in [9.17, 15) is 14.7 Å². The Bertz CT molecular complexity index is 434. The molecule has 0 aliphatic rings. The number of rotatable bonds is 8. The highest BCUT2D eigenvalue weighted by Gasteiger charge is 2.21. The minimum absolute atomic E-state index is 0.0536. The van der Waals surface area contributed by atoms with Crippen LogP contribution >= 0.6 is 0 Å². The fourth-order valence-corrected chi connectivity index (χ4v) is 1.92. The number of hydrogen-bond donors (Lipinski definition) is 3. The number of amides is 1. The molecule has 0 fully saturated rings. The molecule has 0 saturated carbocycles. The molecule has 1 aromatic carbocycles. The van der Waals surface area contributed by atoms with Gasteiger partial charge in [0.1, 0.15) is 0 Å². The maximum Gasteiger partial charge on any atom is 0.312 e. The van der Waals surface area contributed by atoms with Crippen LogP contribution in [0.1, 0.15) is 37.7 Å². The van der Waals surface area contributed by atoms with Gasteiger partial charge in [-0.15, -0.1) is 0 Å². The van der Waals surface area contributed by atoms with Gasteiger partial charge in [0.25, 0.3) is 0 Å². The number of aliphatic carboxylic acids is 1. The van der Waals surface area contributed by atoms with Crippen molar-refractivity contribution in [2.24, 2.45) is 5.73 Å². The standard InChI is InChI=1S/C15H22N2O3/c1-2-3-9-13(16)14(18)17-10-12(15(19)20)11-7-5-4-6-8-11/h4-8,12-13H,2-3,9-10,16H2,1H3,(H,17,18)(H,19,20). The molecule has 5 heteroatoms. The quantitative estimate of drug-likeness (QED) is 0.671. The first-order valence-corrected chi connectivity index (χ1v) is 6.87. The summed E-state index contributed by atoms with van der Waals surface area (Å²) >= 11 is 0. The molecule has 20 heavy (non-hydrogen) atoms. The van der Waals surface area contributed by atoms with E-state index in [1.54, 1.807) is 24.3 Å². The van der Waals surface area contributed by atoms with Crippen molar-refractivity contribution in [1.82, 2.24) is 5.32 Å². The lowest BCUT2D eigenvalue weighted by atomic mass is 9.99. The largest absolute Gasteiger partial charge is 0.481 e. The van der Waals surface area contributed by atoms with Gasteiger partial charge in [0.2, 0.25) is 5.91 Å². The van der Waals surface area contributed by atoms with Crippen molar-refractivity contribution in [2.45, 2.75) is 38.1 Å². The Hall–Kier alpha value is -1.88. The molecule has 0 saturated heterocycles. The number of carboxylic acid groups (broad SMARTS) is 1. The first-order chi connectivity index (χ1) is 9.56. The lowest BCUT2D eigenvalue weighted by molar-refractivity contribution is -0.138. The van der Waals surface area contributed by atoms with E-state index >= 15 is 0 Å². The molecule has 5 nitrogen and oxygen atoms in total. The molecule has 2 atom stereocenters. The first kappa shape index (κ1) is 16.2. The van der Waals surface area contributed by atoms with Gasteiger partial charge in [-0.1, -0.05) is 50.1 Å². The first-order valence-electron chi connectivity index (χ1n) is 6.87. The smallest absolute Gasteiger partial charge is 0.312 e. The molecular formula is C15H22N2O3. The number of carbonyl (C=O) groups is 2. The van der Waals surface area contributed by atoms with Crippen molar-refractivity contribution in [2.75, 3.05) is 6.54 Å². The maximum atomic E-state index is 11.8. The van der Waals surface area contributed by atoms with E-state index in [0.29, 0.717) is 12.0 Å². The van der Waals surface area contributed by atoms with Gasteiger partial charge in [-0.3, -0.25) is 9.59 Å². The summed E-state index contributed by atoms with van der Waals surface area (Å²) < 4.78 is 0. The second-order valence-electron chi connectivity index (χ2n) is 4.80. The predicted octanol–water partition coefficient (Wildman–Crippen LogP) is 1.49. The topological polar surface area (TPSA) is 92.4 Å². The van der Waals surface area contributed by atoms with Crippen LogP contribution in [0.2, 0.25) is 0 Å². The average Bonchev–Trinajstić information content (AvgIpc) is 2.45. The van der Waals surface area contributed by atoms with E-state index in [1.807, 2.05) is 13.0 Å². The van der Waals surface area contributed by atoms with Gasteiger partial charge in [-0.25, -0.2) is 0 Å². The Morgan fingerprint density at radius 3 is 2.50 bits per heavy atom. The number of carbonyl (C=O) groups excluding carboxylic acids is 1. The fourth-order valence-electron chi connectivity index (χ4n) is 1.92. The molecule has 1 rings (SSSR count). The molecule has 110 valence electrons. The van der Waals surface area contributed by atoms with E-state index in [0.717, 1.165) is 12.8 Å². The average molecular weight is 278 g/mol. The summed E-state index contributed by atoms with van der Waals surface area (Å²) in [6.45, 7) is 2.08. The summed E-state index contributed by atoms with van der Waals surface area (Å²) in [6.07, 6.45) is 2.48. The molecule has 4 N–H and O–H groups in total. The Labute approximate surface area is 119 Å². The second kappa shape index (κ2) is 8.32. The lowest BCUT2D eigenvalue weighted by Gasteiger charge is -2.16. The highest BCUT2D eigenvalue weighted by molar-refractivity contribution is 5.83. The van der Waals surface area contributed by atoms with Crippen LogP contribution in [0.5, 0.6) is 0 Å². The molecule has 1 amide bonds. The summed E-state index contributed by atoms with van der Waals surface area (Å²) in [6, 6.07) is 8.28. The van der Waals surface area contributed by atoms with Gasteiger partial charge < -0.3 is 16.2 Å². The molecular weight excluding hydrogens is 256 g/mol. The van der Waals surface area contributed by atoms with Crippen LogP contribution in [0, 0.1) is 0 Å². The molecule has 0 bridgehead atoms. The Morgan fingerprint density at radius 1 is 1.30 bits per heavy atom. The number of nitrogens with one attached hydrogen (secondary N) is 1. The third-order valence-electron chi connectivity index (χ3n) is 3.19. The fraction of sp³-hybridized carbons (Fsp3) is 0.467. The number of unbranched alkanes of at least 4 members (excludes halogenated alkanes) is 1. The minimum atomic E-state index is -0.960. The molecule has 1 aromatic rings. The zero-order valence-electron chi connectivity index (χ0n) is 11.7. The zero-order valence-corrected chi connectivity index (χ0v) is 11.7. The lowest BCUT2D eigenvalue weighted by Crippen LogP contribution is -2.42. The van der Waals surface area contributed by atoms with Gasteiger partial charge in [-0.2, -0.15) is 0 Å². The van der Waals surface area contributed by atoms with Gasteiger partial charge >= 0.3 is 5.97 Å². The molecule has 0 heterocycles. The van der Waals surface area contributed by atoms with Gasteiger partial charge in [0.15, 0.2) is 0 Å². The minimum Gasteiger partial charge on any atom is -0.481 e. The monoisotopic (exact) mass is 278 g/mol. The van der Waals surface area contributed by atoms with Gasteiger partial charge in [0, 0.05) is 6.54 Å². The van der Waals surface area contributed by atoms with Crippen LogP contribution in [0.25, 0.3) is 0 Å². The summed E-state index contributed by atoms with van der Waals surface area (Å²) in [4.78, 5) is 23.1. The predicted molar refractivity (Wildman–Crippen MR) is 77.3 cm³/mol. The van der Waals surface area contributed by atoms with Gasteiger partial charge in [-0.05, 0) is 12.0 Å². The van der Waals surface area contributed by atoms with E-state index in [2.05, 4.69) is 5.32 Å². The summed E-state index contributed by atoms with van der Waals surface area (Å²) in [7, 11) is 0. The van der Waals surface area contributed by atoms with Crippen LogP contribution in [0.3, 0.4) is 0 Å². The number of benzene rings is 1. The van der Waals surface area contributed by atoms with E-state index < -0.39 is 17.9 Å². The SMILES string of the molecule is CCCCC(N)C(=O)NCC(C(=O)O)c1ccccc1. The van der Waals surface area contributed by atoms with E-state index in [1.165, 1.54) is 0 Å². The Balaban J connectivity index is 2.56. The zero-order chi connectivity index (χ0) is 15.0. The molecule has 0 spiro atoms. The van der Waals surface area contributed by atoms with Crippen LogP contribution in [0.4, 0.5) is 0 Å². The normalized spacial score (nSPS) is 13.5. The van der Waals surface area contributed by atoms with Crippen molar-refractivity contribution < 1.29 is 14.7 Å². The van der Waals surface area contributed by atoms with Crippen molar-refractivity contribution in [3.8, 4) is 0 Å². The van der Waals surface area contributed by atoms with Crippen molar-refractivity contribution in [3.63, 3.8) is 0 Å². The van der Waals surface area contributed by atoms with Crippen LogP contribution in [-0.2, 0) is 9.59 Å². The number of carboxylic acids is 1. The highest BCUT2D eigenvalue weighted by Crippen LogP contribution is 2.14. The highest BCUT2D eigenvalue weighted by atomic mass is 16.4. The molecule has 2 unspecified atom stereocenters. The Morgan fingerprint density at radius 2 is 1.95 bits per heavy atom. The molecule has 0 aliphatic heterocycles. The molecule has 0 aromatic heterocycles. The number of hydrogen-bond acceptors (Lipinski definition) is 3. The molecule has 0 radical (unpaired) electrons. The van der Waals surface area contributed by atoms with Crippen molar-refractivity contribution in [1.29, 1.82) is 0 Å². The maximum absolute atomic E-state index is 11.8. The van der Waals surface area contributed by atoms with E-state index in [4.69, 9.17) is 5.73 Å². The third-order valence-corrected chi connectivity index (χ3v) is 3.19.